The number of fused-ring (bicyclic) bond motifs is 2. The van der Waals surface area contributed by atoms with Crippen molar-refractivity contribution in [2.45, 2.75) is 96.8 Å². The first kappa shape index (κ1) is 38.3. The number of ether oxygens (including phenoxy) is 1. The molecule has 2 saturated carbocycles. The van der Waals surface area contributed by atoms with Gasteiger partial charge in [0.2, 0.25) is 0 Å². The number of terminal acetylenes is 1. The van der Waals surface area contributed by atoms with Gasteiger partial charge in [-0.2, -0.15) is 9.97 Å². The molecule has 3 aliphatic carbocycles. The van der Waals surface area contributed by atoms with Crippen LogP contribution in [0.25, 0.3) is 32.9 Å². The van der Waals surface area contributed by atoms with E-state index in [1.165, 1.54) is 37.1 Å². The van der Waals surface area contributed by atoms with E-state index in [9.17, 15) is 9.50 Å². The average Bonchev–Trinajstić information content (AvgIpc) is 4.17. The van der Waals surface area contributed by atoms with E-state index in [-0.39, 0.29) is 57.0 Å². The van der Waals surface area contributed by atoms with Gasteiger partial charge in [0.25, 0.3) is 0 Å². The summed E-state index contributed by atoms with van der Waals surface area (Å²) in [6, 6.07) is 6.15. The molecule has 2 atom stereocenters. The van der Waals surface area contributed by atoms with Gasteiger partial charge in [-0.1, -0.05) is 32.8 Å². The summed E-state index contributed by atoms with van der Waals surface area (Å²) >= 11 is 2.04. The molecule has 1 spiro atoms. The lowest BCUT2D eigenvalue weighted by atomic mass is 9.95. The summed E-state index contributed by atoms with van der Waals surface area (Å²) in [6.07, 6.45) is 15.2. The molecule has 2 saturated heterocycles. The highest BCUT2D eigenvalue weighted by Crippen LogP contribution is 2.75. The van der Waals surface area contributed by atoms with E-state index in [4.69, 9.17) is 21.1 Å². The third kappa shape index (κ3) is 6.86. The van der Waals surface area contributed by atoms with Crippen LogP contribution in [0.5, 0.6) is 11.8 Å². The maximum Gasteiger partial charge on any atom is 0.319 e. The van der Waals surface area contributed by atoms with Crippen LogP contribution in [0.15, 0.2) is 41.1 Å². The topological polar surface area (TPSA) is 77.9 Å². The van der Waals surface area contributed by atoms with Crippen LogP contribution in [-0.4, -0.2) is 93.2 Å². The zero-order valence-electron chi connectivity index (χ0n) is 33.1. The number of allylic oxidation sites excluding steroid dienone is 2. The fraction of sp³-hybridized carbons (Fsp3) is 0.533. The predicted molar refractivity (Wildman–Crippen MR) is 221 cm³/mol. The summed E-state index contributed by atoms with van der Waals surface area (Å²) in [4.78, 5) is 23.3. The second kappa shape index (κ2) is 14.9. The fourth-order valence-corrected chi connectivity index (χ4v) is 10.8. The molecule has 57 heavy (non-hydrogen) atoms. The summed E-state index contributed by atoms with van der Waals surface area (Å²) in [7, 11) is 0. The Morgan fingerprint density at radius 3 is 2.40 bits per heavy atom. The molecular weight excluding hydrogens is 746 g/mol. The lowest BCUT2D eigenvalue weighted by Gasteiger charge is -2.48. The monoisotopic (exact) mass is 796 g/mol. The Morgan fingerprint density at radius 1 is 1.02 bits per heavy atom. The molecule has 4 aromatic rings. The first-order chi connectivity index (χ1) is 27.6. The molecule has 8 nitrogen and oxygen atoms in total. The van der Waals surface area contributed by atoms with Gasteiger partial charge in [-0.15, -0.1) is 18.2 Å². The minimum atomic E-state index is -0.735. The van der Waals surface area contributed by atoms with E-state index in [2.05, 4.69) is 46.4 Å². The largest absolute Gasteiger partial charge is 0.508 e. The molecule has 9 rings (SSSR count). The number of hydrogen-bond acceptors (Lipinski definition) is 9. The van der Waals surface area contributed by atoms with Crippen LogP contribution in [0.1, 0.15) is 84.1 Å². The van der Waals surface area contributed by atoms with Crippen LogP contribution >= 0.6 is 11.8 Å². The lowest BCUT2D eigenvalue weighted by molar-refractivity contribution is 0.107. The van der Waals surface area contributed by atoms with E-state index in [0.717, 1.165) is 57.5 Å². The van der Waals surface area contributed by atoms with E-state index in [0.29, 0.717) is 54.5 Å². The number of pyridine rings is 1. The second-order valence-electron chi connectivity index (χ2n) is 17.0. The van der Waals surface area contributed by atoms with Crippen molar-refractivity contribution in [3.8, 4) is 35.4 Å². The molecule has 0 radical (unpaired) electrons. The molecule has 1 N–H and O–H groups in total. The van der Waals surface area contributed by atoms with Gasteiger partial charge < -0.3 is 24.5 Å². The number of anilines is 1. The van der Waals surface area contributed by atoms with E-state index >= 15 is 8.78 Å². The SMILES string of the molecule is C#Cc1c(F)ccc2cc(O)cc(-c3ncc4c(N5CC(CC)N(C6=C(SCCC)C67CC7)C(CC)C5)nc(OCC5(CN6CCC(F)CC6)CC5)nc4c3F)c12. The number of nitrogens with zero attached hydrogens (tertiary/aromatic N) is 6. The van der Waals surface area contributed by atoms with Crippen molar-refractivity contribution in [1.29, 1.82) is 0 Å². The highest BCUT2D eigenvalue weighted by Gasteiger charge is 2.66. The minimum Gasteiger partial charge on any atom is -0.508 e. The van der Waals surface area contributed by atoms with Gasteiger partial charge in [0.15, 0.2) is 5.82 Å². The van der Waals surface area contributed by atoms with Gasteiger partial charge in [-0.3, -0.25) is 4.98 Å². The highest BCUT2D eigenvalue weighted by atomic mass is 32.2. The van der Waals surface area contributed by atoms with Crippen molar-refractivity contribution in [3.05, 3.63) is 58.3 Å². The van der Waals surface area contributed by atoms with Crippen molar-refractivity contribution >= 4 is 39.3 Å². The summed E-state index contributed by atoms with van der Waals surface area (Å²) in [5.41, 5.74) is 1.83. The normalized spacial score (nSPS) is 22.8. The third-order valence-electron chi connectivity index (χ3n) is 13.0. The number of piperidine rings is 1. The highest BCUT2D eigenvalue weighted by molar-refractivity contribution is 8.03. The number of piperazine rings is 1. The van der Waals surface area contributed by atoms with Gasteiger partial charge >= 0.3 is 6.01 Å². The van der Waals surface area contributed by atoms with Crippen molar-refractivity contribution in [2.24, 2.45) is 10.8 Å². The number of aromatic nitrogens is 3. The molecule has 0 bridgehead atoms. The molecule has 300 valence electrons. The van der Waals surface area contributed by atoms with Crippen LogP contribution in [0, 0.1) is 34.8 Å². The molecule has 4 fully saturated rings. The minimum absolute atomic E-state index is 0.0358. The molecule has 2 aliphatic heterocycles. The van der Waals surface area contributed by atoms with Crippen molar-refractivity contribution in [3.63, 3.8) is 0 Å². The molecule has 5 aliphatic rings. The first-order valence-electron chi connectivity index (χ1n) is 20.8. The number of hydrogen-bond donors (Lipinski definition) is 1. The second-order valence-corrected chi connectivity index (χ2v) is 18.1. The maximum absolute atomic E-state index is 17.3. The van der Waals surface area contributed by atoms with Crippen LogP contribution < -0.4 is 9.64 Å². The molecular formula is C45H51F3N6O2S. The Kier molecular flexibility index (Phi) is 9.99. The number of aromatic hydroxyl groups is 1. The number of alkyl halides is 1. The number of thioether (sulfide) groups is 1. The Bertz CT molecular complexity index is 2280. The first-order valence-corrected chi connectivity index (χ1v) is 21.8. The summed E-state index contributed by atoms with van der Waals surface area (Å²) in [5, 5.41) is 11.9. The molecule has 4 heterocycles. The van der Waals surface area contributed by atoms with Crippen molar-refractivity contribution in [1.82, 2.24) is 24.8 Å². The van der Waals surface area contributed by atoms with Gasteiger partial charge in [0, 0.05) is 83.4 Å². The maximum atomic E-state index is 17.3. The van der Waals surface area contributed by atoms with Crippen LogP contribution in [-0.2, 0) is 0 Å². The van der Waals surface area contributed by atoms with Crippen LogP contribution in [0.4, 0.5) is 19.0 Å². The van der Waals surface area contributed by atoms with Gasteiger partial charge in [0.05, 0.1) is 17.6 Å². The molecule has 2 unspecified atom stereocenters. The predicted octanol–water partition coefficient (Wildman–Crippen LogP) is 9.23. The summed E-state index contributed by atoms with van der Waals surface area (Å²) in [5.74, 6) is 2.65. The van der Waals surface area contributed by atoms with E-state index in [1.54, 1.807) is 16.8 Å². The molecule has 0 amide bonds. The molecule has 2 aromatic heterocycles. The number of halogens is 3. The number of phenolic OH excluding ortho intramolecular Hbond substituents is 1. The van der Waals surface area contributed by atoms with Crippen molar-refractivity contribution < 1.29 is 23.0 Å². The lowest BCUT2D eigenvalue weighted by Crippen LogP contribution is -2.57. The quantitative estimate of drug-likeness (QED) is 0.133. The van der Waals surface area contributed by atoms with Gasteiger partial charge in [-0.05, 0) is 87.1 Å². The summed E-state index contributed by atoms with van der Waals surface area (Å²) in [6.45, 7) is 10.8. The van der Waals surface area contributed by atoms with E-state index in [1.807, 2.05) is 11.8 Å². The number of likely N-dealkylation sites (tertiary alicyclic amines) is 1. The Labute approximate surface area is 337 Å². The average molecular weight is 797 g/mol. The Balaban J connectivity index is 1.11. The zero-order chi connectivity index (χ0) is 39.6. The van der Waals surface area contributed by atoms with Crippen LogP contribution in [0.3, 0.4) is 0 Å². The smallest absolute Gasteiger partial charge is 0.319 e. The summed E-state index contributed by atoms with van der Waals surface area (Å²) < 4.78 is 52.8. The van der Waals surface area contributed by atoms with Gasteiger partial charge in [0.1, 0.15) is 34.8 Å². The third-order valence-corrected chi connectivity index (χ3v) is 14.5. The Morgan fingerprint density at radius 2 is 1.75 bits per heavy atom. The molecule has 12 heteroatoms. The fourth-order valence-electron chi connectivity index (χ4n) is 9.47. The van der Waals surface area contributed by atoms with Gasteiger partial charge in [-0.25, -0.2) is 13.2 Å². The standard InChI is InChI=1S/C45H51F3N6O2S/c1-5-19-57-41-40(45(41)15-16-45)54-29(6-2)23-53(24-30(54)7-3)42-34-22-49-38(33-21-31(55)20-27-9-10-35(47)32(8-4)36(27)33)37(48)39(34)50-43(51-42)56-26-44(13-14-44)25-52-17-11-28(46)12-18-52/h4,9-10,20-22,28-30,55H,5-7,11-19,23-26H2,1-3H3. The van der Waals surface area contributed by atoms with E-state index < -0.39 is 17.8 Å². The molecule has 2 aromatic carbocycles. The number of rotatable bonds is 13. The number of benzene rings is 2. The van der Waals surface area contributed by atoms with Crippen molar-refractivity contribution in [2.75, 3.05) is 50.0 Å². The van der Waals surface area contributed by atoms with Crippen LogP contribution in [0.2, 0.25) is 0 Å². The Hall–Kier alpha value is -4.21. The zero-order valence-corrected chi connectivity index (χ0v) is 33.9. The number of phenols is 1.